The molecule has 0 bridgehead atoms. The first-order valence-corrected chi connectivity index (χ1v) is 7.09. The third-order valence-corrected chi connectivity index (χ3v) is 3.02. The highest BCUT2D eigenvalue weighted by atomic mass is 32.2. The van der Waals surface area contributed by atoms with Gasteiger partial charge in [-0.15, -0.1) is 0 Å². The maximum atomic E-state index is 10.9. The third kappa shape index (κ3) is 4.54. The van der Waals surface area contributed by atoms with Crippen molar-refractivity contribution in [3.05, 3.63) is 33.9 Å². The number of carboxylic acids is 1. The number of ether oxygens (including phenoxy) is 1. The van der Waals surface area contributed by atoms with Gasteiger partial charge in [0.2, 0.25) is 0 Å². The lowest BCUT2D eigenvalue weighted by atomic mass is 10.2. The van der Waals surface area contributed by atoms with Crippen LogP contribution in [0.5, 0.6) is 5.75 Å². The molecule has 0 saturated heterocycles. The van der Waals surface area contributed by atoms with Crippen molar-refractivity contribution >= 4 is 21.5 Å². The zero-order valence-corrected chi connectivity index (χ0v) is 10.7. The molecular weight excluding hydrogens is 278 g/mol. The monoisotopic (exact) mass is 289 g/mol. The summed E-state index contributed by atoms with van der Waals surface area (Å²) in [6, 6.07) is 3.07. The second kappa shape index (κ2) is 5.65. The quantitative estimate of drug-likeness (QED) is 0.604. The Morgan fingerprint density at radius 2 is 2.11 bits per heavy atom. The second-order valence-electron chi connectivity index (χ2n) is 3.72. The molecule has 0 radical (unpaired) electrons. The van der Waals surface area contributed by atoms with E-state index in [2.05, 4.69) is 0 Å². The fourth-order valence-corrected chi connectivity index (χ4v) is 1.61. The minimum atomic E-state index is -3.23. The molecule has 0 unspecified atom stereocenters. The zero-order chi connectivity index (χ0) is 14.6. The number of nitro benzene ring substituents is 1. The van der Waals surface area contributed by atoms with Crippen molar-refractivity contribution in [2.24, 2.45) is 0 Å². The van der Waals surface area contributed by atoms with Crippen LogP contribution < -0.4 is 4.74 Å². The zero-order valence-electron chi connectivity index (χ0n) is 9.90. The molecule has 0 amide bonds. The highest BCUT2D eigenvalue weighted by Crippen LogP contribution is 2.24. The number of nitro groups is 1. The van der Waals surface area contributed by atoms with E-state index in [1.807, 2.05) is 0 Å². The highest BCUT2D eigenvalue weighted by molar-refractivity contribution is 7.90. The lowest BCUT2D eigenvalue weighted by molar-refractivity contribution is -0.384. The lowest BCUT2D eigenvalue weighted by Gasteiger charge is -2.08. The molecule has 1 aromatic carbocycles. The van der Waals surface area contributed by atoms with Gasteiger partial charge in [0.1, 0.15) is 17.9 Å². The maximum absolute atomic E-state index is 10.9. The van der Waals surface area contributed by atoms with Crippen LogP contribution in [0, 0.1) is 10.1 Å². The molecule has 1 rings (SSSR count). The van der Waals surface area contributed by atoms with Crippen LogP contribution in [0.15, 0.2) is 18.2 Å². The molecule has 0 saturated carbocycles. The Morgan fingerprint density at radius 3 is 2.58 bits per heavy atom. The summed E-state index contributed by atoms with van der Waals surface area (Å²) in [5, 5.41) is 19.4. The number of hydrogen-bond acceptors (Lipinski definition) is 6. The van der Waals surface area contributed by atoms with E-state index >= 15 is 0 Å². The van der Waals surface area contributed by atoms with Crippen molar-refractivity contribution in [1.82, 2.24) is 0 Å². The van der Waals surface area contributed by atoms with Gasteiger partial charge in [-0.1, -0.05) is 0 Å². The molecule has 0 aliphatic heterocycles. The fourth-order valence-electron chi connectivity index (χ4n) is 1.23. The number of benzene rings is 1. The fraction of sp³-hybridized carbons (Fsp3) is 0.300. The van der Waals surface area contributed by atoms with Crippen LogP contribution in [0.3, 0.4) is 0 Å². The van der Waals surface area contributed by atoms with E-state index in [1.165, 1.54) is 0 Å². The number of hydrogen-bond donors (Lipinski definition) is 1. The van der Waals surface area contributed by atoms with Gasteiger partial charge in [-0.25, -0.2) is 13.2 Å². The lowest BCUT2D eigenvalue weighted by Crippen LogP contribution is -2.13. The number of carbonyl (C=O) groups is 1. The summed E-state index contributed by atoms with van der Waals surface area (Å²) in [4.78, 5) is 20.7. The van der Waals surface area contributed by atoms with Gasteiger partial charge in [-0.2, -0.15) is 0 Å². The Bertz CT molecular complexity index is 608. The van der Waals surface area contributed by atoms with E-state index in [-0.39, 0.29) is 29.4 Å². The van der Waals surface area contributed by atoms with Gasteiger partial charge in [0.05, 0.1) is 10.7 Å². The Kier molecular flexibility index (Phi) is 4.43. The van der Waals surface area contributed by atoms with E-state index in [0.717, 1.165) is 24.5 Å². The molecule has 0 aromatic heterocycles. The van der Waals surface area contributed by atoms with Crippen molar-refractivity contribution in [3.63, 3.8) is 0 Å². The Hall–Kier alpha value is -2.16. The minimum Gasteiger partial charge on any atom is -0.492 e. The number of rotatable bonds is 6. The number of non-ortho nitro benzene ring substituents is 1. The standard InChI is InChI=1S/C10H11NO7S/c1-19(16,17)5-4-18-9-3-2-7(11(14)15)6-8(9)10(12)13/h2-3,6H,4-5H2,1H3,(H,12,13). The first-order valence-electron chi connectivity index (χ1n) is 5.03. The molecule has 1 N–H and O–H groups in total. The molecule has 9 heteroatoms. The van der Waals surface area contributed by atoms with Crippen LogP contribution in [0.4, 0.5) is 5.69 Å². The molecule has 0 aliphatic rings. The predicted octanol–water partition coefficient (Wildman–Crippen LogP) is 0.716. The summed E-state index contributed by atoms with van der Waals surface area (Å²) in [5.41, 5.74) is -0.768. The second-order valence-corrected chi connectivity index (χ2v) is 5.98. The van der Waals surface area contributed by atoms with Crippen molar-refractivity contribution < 1.29 is 28.0 Å². The summed E-state index contributed by atoms with van der Waals surface area (Å²) in [6.45, 7) is -0.225. The molecule has 0 aliphatic carbocycles. The summed E-state index contributed by atoms with van der Waals surface area (Å²) >= 11 is 0. The Balaban J connectivity index is 2.94. The highest BCUT2D eigenvalue weighted by Gasteiger charge is 2.17. The number of nitrogens with zero attached hydrogens (tertiary/aromatic N) is 1. The average molecular weight is 289 g/mol. The Labute approximate surface area is 108 Å². The van der Waals surface area contributed by atoms with E-state index in [1.54, 1.807) is 0 Å². The van der Waals surface area contributed by atoms with E-state index in [4.69, 9.17) is 9.84 Å². The van der Waals surface area contributed by atoms with Crippen LogP contribution in [0.2, 0.25) is 0 Å². The minimum absolute atomic E-state index is 0.109. The van der Waals surface area contributed by atoms with Gasteiger partial charge in [-0.05, 0) is 6.07 Å². The van der Waals surface area contributed by atoms with Crippen molar-refractivity contribution in [3.8, 4) is 5.75 Å². The van der Waals surface area contributed by atoms with E-state index in [0.29, 0.717) is 0 Å². The number of aromatic carboxylic acids is 1. The van der Waals surface area contributed by atoms with E-state index < -0.39 is 20.7 Å². The Morgan fingerprint density at radius 1 is 1.47 bits per heavy atom. The normalized spacial score (nSPS) is 11.0. The van der Waals surface area contributed by atoms with E-state index in [9.17, 15) is 23.3 Å². The molecule has 8 nitrogen and oxygen atoms in total. The van der Waals surface area contributed by atoms with Gasteiger partial charge in [0, 0.05) is 18.4 Å². The van der Waals surface area contributed by atoms with Crippen molar-refractivity contribution in [1.29, 1.82) is 0 Å². The van der Waals surface area contributed by atoms with Gasteiger partial charge in [0.25, 0.3) is 5.69 Å². The molecule has 0 heterocycles. The summed E-state index contributed by atoms with van der Waals surface area (Å²) in [7, 11) is -3.23. The van der Waals surface area contributed by atoms with Crippen LogP contribution in [0.1, 0.15) is 10.4 Å². The first kappa shape index (κ1) is 14.9. The summed E-state index contributed by atoms with van der Waals surface area (Å²) in [5.74, 6) is -1.77. The SMILES string of the molecule is CS(=O)(=O)CCOc1ccc([N+](=O)[O-])cc1C(=O)O. The smallest absolute Gasteiger partial charge is 0.339 e. The van der Waals surface area contributed by atoms with Crippen molar-refractivity contribution in [2.45, 2.75) is 0 Å². The topological polar surface area (TPSA) is 124 Å². The number of carboxylic acid groups (broad SMARTS) is 1. The van der Waals surface area contributed by atoms with Crippen LogP contribution in [0.25, 0.3) is 0 Å². The molecule has 104 valence electrons. The maximum Gasteiger partial charge on any atom is 0.339 e. The van der Waals surface area contributed by atoms with Gasteiger partial charge in [-0.3, -0.25) is 10.1 Å². The molecule has 0 fully saturated rings. The summed E-state index contributed by atoms with van der Waals surface area (Å²) in [6.07, 6.45) is 1.02. The molecule has 0 atom stereocenters. The largest absolute Gasteiger partial charge is 0.492 e. The van der Waals surface area contributed by atoms with Gasteiger partial charge >= 0.3 is 5.97 Å². The molecule has 1 aromatic rings. The molecular formula is C10H11NO7S. The van der Waals surface area contributed by atoms with Crippen LogP contribution >= 0.6 is 0 Å². The van der Waals surface area contributed by atoms with Crippen LogP contribution in [-0.4, -0.2) is 43.0 Å². The van der Waals surface area contributed by atoms with Gasteiger partial charge in [0.15, 0.2) is 9.84 Å². The van der Waals surface area contributed by atoms with Gasteiger partial charge < -0.3 is 9.84 Å². The first-order chi connectivity index (χ1) is 8.70. The third-order valence-electron chi connectivity index (χ3n) is 2.12. The number of sulfone groups is 1. The molecule has 19 heavy (non-hydrogen) atoms. The molecule has 0 spiro atoms. The average Bonchev–Trinajstić information content (AvgIpc) is 2.27. The summed E-state index contributed by atoms with van der Waals surface area (Å²) < 4.78 is 26.8. The van der Waals surface area contributed by atoms with Crippen molar-refractivity contribution in [2.75, 3.05) is 18.6 Å². The van der Waals surface area contributed by atoms with Crippen LogP contribution in [-0.2, 0) is 9.84 Å². The predicted molar refractivity (Wildman–Crippen MR) is 65.3 cm³/mol.